The average molecular weight is 383 g/mol. The Morgan fingerprint density at radius 1 is 1.18 bits per heavy atom. The lowest BCUT2D eigenvalue weighted by Gasteiger charge is -2.22. The van der Waals surface area contributed by atoms with Gasteiger partial charge in [-0.05, 0) is 50.8 Å². The molecule has 3 heterocycles. The predicted molar refractivity (Wildman–Crippen MR) is 106 cm³/mol. The second-order valence-corrected chi connectivity index (χ2v) is 7.69. The van der Waals surface area contributed by atoms with Crippen LogP contribution in [0.25, 0.3) is 0 Å². The first-order valence-electron chi connectivity index (χ1n) is 10.4. The summed E-state index contributed by atoms with van der Waals surface area (Å²) in [6.45, 7) is 4.08. The van der Waals surface area contributed by atoms with Crippen molar-refractivity contribution >= 4 is 5.91 Å². The molecule has 0 saturated carbocycles. The molecule has 28 heavy (non-hydrogen) atoms. The van der Waals surface area contributed by atoms with Gasteiger partial charge in [-0.15, -0.1) is 5.10 Å². The van der Waals surface area contributed by atoms with Gasteiger partial charge in [-0.1, -0.05) is 35.5 Å². The van der Waals surface area contributed by atoms with Gasteiger partial charge < -0.3 is 15.0 Å². The Labute approximate surface area is 166 Å². The van der Waals surface area contributed by atoms with Crippen LogP contribution in [0, 0.1) is 0 Å². The summed E-state index contributed by atoms with van der Waals surface area (Å²) in [6.07, 6.45) is 6.90. The number of rotatable bonds is 7. The van der Waals surface area contributed by atoms with Crippen molar-refractivity contribution < 1.29 is 9.53 Å². The third kappa shape index (κ3) is 4.77. The molecule has 150 valence electrons. The lowest BCUT2D eigenvalue weighted by Crippen LogP contribution is -2.31. The molecule has 0 aliphatic carbocycles. The number of likely N-dealkylation sites (tertiary alicyclic amines) is 1. The van der Waals surface area contributed by atoms with Crippen molar-refractivity contribution in [3.8, 4) is 0 Å². The molecule has 0 bridgehead atoms. The quantitative estimate of drug-likeness (QED) is 0.741. The molecule has 2 aliphatic rings. The number of benzene rings is 1. The molecule has 2 saturated heterocycles. The van der Waals surface area contributed by atoms with E-state index in [4.69, 9.17) is 4.74 Å². The zero-order chi connectivity index (χ0) is 19.2. The molecule has 7 nitrogen and oxygen atoms in total. The summed E-state index contributed by atoms with van der Waals surface area (Å²) in [4.78, 5) is 14.6. The third-order valence-corrected chi connectivity index (χ3v) is 5.65. The van der Waals surface area contributed by atoms with Crippen molar-refractivity contribution in [1.82, 2.24) is 25.2 Å². The Balaban J connectivity index is 1.21. The summed E-state index contributed by atoms with van der Waals surface area (Å²) in [7, 11) is 0. The zero-order valence-electron chi connectivity index (χ0n) is 16.3. The van der Waals surface area contributed by atoms with Crippen LogP contribution in [-0.2, 0) is 11.2 Å². The maximum atomic E-state index is 12.7. The number of nitrogens with one attached hydrogen (secondary N) is 1. The fourth-order valence-electron chi connectivity index (χ4n) is 4.01. The van der Waals surface area contributed by atoms with E-state index in [1.165, 1.54) is 5.56 Å². The second-order valence-electron chi connectivity index (χ2n) is 7.69. The molecule has 7 heteroatoms. The molecule has 2 aliphatic heterocycles. The fraction of sp³-hybridized carbons (Fsp3) is 0.571. The van der Waals surface area contributed by atoms with E-state index in [9.17, 15) is 4.79 Å². The summed E-state index contributed by atoms with van der Waals surface area (Å²) in [5, 5.41) is 11.7. The molecular formula is C21H29N5O2. The monoisotopic (exact) mass is 383 g/mol. The maximum absolute atomic E-state index is 12.7. The van der Waals surface area contributed by atoms with Gasteiger partial charge in [-0.2, -0.15) is 0 Å². The van der Waals surface area contributed by atoms with Gasteiger partial charge >= 0.3 is 0 Å². The van der Waals surface area contributed by atoms with Crippen LogP contribution < -0.4 is 5.32 Å². The molecule has 2 fully saturated rings. The number of aromatic nitrogens is 3. The van der Waals surface area contributed by atoms with Gasteiger partial charge in [-0.25, -0.2) is 4.68 Å². The van der Waals surface area contributed by atoms with E-state index < -0.39 is 0 Å². The Bertz CT molecular complexity index is 757. The highest BCUT2D eigenvalue weighted by molar-refractivity contribution is 5.92. The van der Waals surface area contributed by atoms with Crippen molar-refractivity contribution in [3.63, 3.8) is 0 Å². The summed E-state index contributed by atoms with van der Waals surface area (Å²) >= 11 is 0. The van der Waals surface area contributed by atoms with Gasteiger partial charge in [0.25, 0.3) is 5.91 Å². The number of hydrogen-bond acceptors (Lipinski definition) is 5. The third-order valence-electron chi connectivity index (χ3n) is 5.65. The molecule has 1 amide bonds. The van der Waals surface area contributed by atoms with Crippen LogP contribution in [0.4, 0.5) is 0 Å². The first kappa shape index (κ1) is 19.1. The number of ether oxygens (including phenoxy) is 1. The molecular weight excluding hydrogens is 354 g/mol. The van der Waals surface area contributed by atoms with E-state index in [0.717, 1.165) is 58.3 Å². The smallest absolute Gasteiger partial charge is 0.276 e. The first-order valence-corrected chi connectivity index (χ1v) is 10.4. The summed E-state index contributed by atoms with van der Waals surface area (Å²) in [6, 6.07) is 10.8. The Hall–Kier alpha value is -2.25. The normalized spacial score (nSPS) is 20.6. The standard InChI is InChI=1S/C21H29N5O2/c27-21(20-16-26(24-23-20)18-8-11-22-12-9-18)25-13-10-19(15-25)28-14-4-7-17-5-2-1-3-6-17/h1-3,5-6,16,18-19,22H,4,7-15H2. The van der Waals surface area contributed by atoms with Gasteiger partial charge in [-0.3, -0.25) is 4.79 Å². The highest BCUT2D eigenvalue weighted by atomic mass is 16.5. The van der Waals surface area contributed by atoms with E-state index in [1.807, 2.05) is 21.8 Å². The largest absolute Gasteiger partial charge is 0.376 e. The predicted octanol–water partition coefficient (Wildman–Crippen LogP) is 2.07. The highest BCUT2D eigenvalue weighted by Crippen LogP contribution is 2.19. The minimum atomic E-state index is -0.0319. The summed E-state index contributed by atoms with van der Waals surface area (Å²) < 4.78 is 7.86. The molecule has 1 atom stereocenters. The summed E-state index contributed by atoms with van der Waals surface area (Å²) in [5.74, 6) is -0.0319. The molecule has 1 unspecified atom stereocenters. The van der Waals surface area contributed by atoms with Crippen molar-refractivity contribution in [3.05, 3.63) is 47.8 Å². The zero-order valence-corrected chi connectivity index (χ0v) is 16.3. The molecule has 4 rings (SSSR count). The summed E-state index contributed by atoms with van der Waals surface area (Å²) in [5.41, 5.74) is 1.79. The van der Waals surface area contributed by atoms with Crippen LogP contribution in [0.15, 0.2) is 36.5 Å². The van der Waals surface area contributed by atoms with Crippen LogP contribution in [0.2, 0.25) is 0 Å². The first-order chi connectivity index (χ1) is 13.8. The topological polar surface area (TPSA) is 72.3 Å². The number of carbonyl (C=O) groups excluding carboxylic acids is 1. The molecule has 2 aromatic rings. The van der Waals surface area contributed by atoms with Crippen molar-refractivity contribution in [2.24, 2.45) is 0 Å². The molecule has 1 aromatic carbocycles. The van der Waals surface area contributed by atoms with Gasteiger partial charge in [0.1, 0.15) is 0 Å². The Morgan fingerprint density at radius 3 is 2.82 bits per heavy atom. The lowest BCUT2D eigenvalue weighted by atomic mass is 10.1. The van der Waals surface area contributed by atoms with Crippen LogP contribution in [0.1, 0.15) is 47.8 Å². The highest BCUT2D eigenvalue weighted by Gasteiger charge is 2.29. The number of aryl methyl sites for hydroxylation is 1. The number of carbonyl (C=O) groups is 1. The number of amides is 1. The number of nitrogens with zero attached hydrogens (tertiary/aromatic N) is 4. The van der Waals surface area contributed by atoms with E-state index >= 15 is 0 Å². The van der Waals surface area contributed by atoms with Crippen LogP contribution in [0.3, 0.4) is 0 Å². The second kappa shape index (κ2) is 9.30. The van der Waals surface area contributed by atoms with Gasteiger partial charge in [0.05, 0.1) is 18.3 Å². The molecule has 0 radical (unpaired) electrons. The van der Waals surface area contributed by atoms with E-state index in [0.29, 0.717) is 18.3 Å². The fourth-order valence-corrected chi connectivity index (χ4v) is 4.01. The van der Waals surface area contributed by atoms with E-state index in [1.54, 1.807) is 0 Å². The van der Waals surface area contributed by atoms with Crippen LogP contribution in [0.5, 0.6) is 0 Å². The number of hydrogen-bond donors (Lipinski definition) is 1. The van der Waals surface area contributed by atoms with Gasteiger partial charge in [0.15, 0.2) is 5.69 Å². The van der Waals surface area contributed by atoms with E-state index in [-0.39, 0.29) is 12.0 Å². The van der Waals surface area contributed by atoms with Gasteiger partial charge in [0.2, 0.25) is 0 Å². The van der Waals surface area contributed by atoms with E-state index in [2.05, 4.69) is 39.9 Å². The van der Waals surface area contributed by atoms with Crippen molar-refractivity contribution in [2.45, 2.75) is 44.2 Å². The Kier molecular flexibility index (Phi) is 6.34. The van der Waals surface area contributed by atoms with Crippen molar-refractivity contribution in [2.75, 3.05) is 32.8 Å². The number of piperidine rings is 1. The molecule has 1 N–H and O–H groups in total. The minimum absolute atomic E-state index is 0.0319. The Morgan fingerprint density at radius 2 is 2.00 bits per heavy atom. The average Bonchev–Trinajstić information content (AvgIpc) is 3.42. The molecule has 1 aromatic heterocycles. The van der Waals surface area contributed by atoms with Crippen molar-refractivity contribution in [1.29, 1.82) is 0 Å². The molecule has 0 spiro atoms. The maximum Gasteiger partial charge on any atom is 0.276 e. The van der Waals surface area contributed by atoms with Crippen LogP contribution in [-0.4, -0.2) is 64.7 Å². The SMILES string of the molecule is O=C(c1cn(C2CCNCC2)nn1)N1CCC(OCCCc2ccccc2)C1. The van der Waals surface area contributed by atoms with Gasteiger partial charge in [0, 0.05) is 19.7 Å². The lowest BCUT2D eigenvalue weighted by molar-refractivity contribution is 0.0523. The minimum Gasteiger partial charge on any atom is -0.376 e. The van der Waals surface area contributed by atoms with Crippen LogP contribution >= 0.6 is 0 Å².